The van der Waals surface area contributed by atoms with Crippen LogP contribution in [0.5, 0.6) is 0 Å². The average Bonchev–Trinajstić information content (AvgIpc) is 2.64. The Morgan fingerprint density at radius 1 is 0.750 bits per heavy atom. The summed E-state index contributed by atoms with van der Waals surface area (Å²) in [6.07, 6.45) is 17.9. The van der Waals surface area contributed by atoms with Crippen LogP contribution in [0.25, 0.3) is 0 Å². The molecule has 2 fully saturated rings. The minimum Gasteiger partial charge on any atom is -0.103 e. The maximum Gasteiger partial charge on any atom is -0.0100 e. The Kier molecular flexibility index (Phi) is 6.35. The Morgan fingerprint density at radius 2 is 1.33 bits per heavy atom. The number of benzene rings is 1. The maximum absolute atomic E-state index is 3.91. The van der Waals surface area contributed by atoms with Gasteiger partial charge in [0.25, 0.3) is 0 Å². The normalized spacial score (nSPS) is 30.7. The molecule has 0 aromatic heterocycles. The van der Waals surface area contributed by atoms with Crippen molar-refractivity contribution >= 4 is 0 Å². The van der Waals surface area contributed by atoms with Gasteiger partial charge in [-0.25, -0.2) is 0 Å². The smallest absolute Gasteiger partial charge is 0.0100 e. The molecule has 0 heterocycles. The number of allylic oxidation sites excluding steroid dienone is 2. The molecule has 0 amide bonds. The van der Waals surface area contributed by atoms with Crippen LogP contribution in [0.15, 0.2) is 49.6 Å². The van der Waals surface area contributed by atoms with Crippen molar-refractivity contribution in [2.24, 2.45) is 17.8 Å². The molecule has 3 rings (SSSR count). The third-order valence-corrected chi connectivity index (χ3v) is 6.66. The molecule has 2 aliphatic rings. The SMILES string of the molecule is C=CCc1ccc(C2CCC([C@H]3CC[C@H](CC=C)CC3)CC2)cc1. The summed E-state index contributed by atoms with van der Waals surface area (Å²) in [6.45, 7) is 7.74. The first-order chi connectivity index (χ1) is 11.8. The van der Waals surface area contributed by atoms with Gasteiger partial charge in [0, 0.05) is 0 Å². The lowest BCUT2D eigenvalue weighted by Gasteiger charge is -2.38. The summed E-state index contributed by atoms with van der Waals surface area (Å²) in [5, 5.41) is 0. The van der Waals surface area contributed by atoms with Crippen molar-refractivity contribution in [3.05, 3.63) is 60.7 Å². The molecule has 1 aromatic rings. The topological polar surface area (TPSA) is 0 Å². The zero-order valence-corrected chi connectivity index (χ0v) is 15.3. The molecule has 24 heavy (non-hydrogen) atoms. The summed E-state index contributed by atoms with van der Waals surface area (Å²) in [4.78, 5) is 0. The summed E-state index contributed by atoms with van der Waals surface area (Å²) >= 11 is 0. The van der Waals surface area contributed by atoms with Crippen molar-refractivity contribution in [1.29, 1.82) is 0 Å². The average molecular weight is 323 g/mol. The monoisotopic (exact) mass is 322 g/mol. The highest BCUT2D eigenvalue weighted by atomic mass is 14.4. The first-order valence-corrected chi connectivity index (χ1v) is 10.1. The molecule has 0 saturated heterocycles. The minimum absolute atomic E-state index is 0.802. The fourth-order valence-electron chi connectivity index (χ4n) is 5.15. The molecule has 2 aliphatic carbocycles. The summed E-state index contributed by atoms with van der Waals surface area (Å²) < 4.78 is 0. The first-order valence-electron chi connectivity index (χ1n) is 10.1. The highest BCUT2D eigenvalue weighted by Crippen LogP contribution is 2.44. The summed E-state index contributed by atoms with van der Waals surface area (Å²) in [5.41, 5.74) is 2.95. The van der Waals surface area contributed by atoms with E-state index in [1.165, 1.54) is 63.4 Å². The van der Waals surface area contributed by atoms with Crippen LogP contribution < -0.4 is 0 Å². The van der Waals surface area contributed by atoms with E-state index in [9.17, 15) is 0 Å². The van der Waals surface area contributed by atoms with Crippen LogP contribution >= 0.6 is 0 Å². The van der Waals surface area contributed by atoms with Gasteiger partial charge >= 0.3 is 0 Å². The van der Waals surface area contributed by atoms with E-state index in [1.807, 2.05) is 6.08 Å². The summed E-state index contributed by atoms with van der Waals surface area (Å²) in [5.74, 6) is 3.76. The lowest BCUT2D eigenvalue weighted by molar-refractivity contribution is 0.160. The van der Waals surface area contributed by atoms with E-state index < -0.39 is 0 Å². The number of rotatable bonds is 6. The molecular weight excluding hydrogens is 288 g/mol. The Balaban J connectivity index is 1.47. The Labute approximate surface area is 149 Å². The zero-order valence-electron chi connectivity index (χ0n) is 15.3. The molecule has 0 aliphatic heterocycles. The van der Waals surface area contributed by atoms with Crippen molar-refractivity contribution in [2.75, 3.05) is 0 Å². The van der Waals surface area contributed by atoms with Crippen LogP contribution in [-0.4, -0.2) is 0 Å². The minimum atomic E-state index is 0.802. The molecular formula is C24H34. The molecule has 0 spiro atoms. The van der Waals surface area contributed by atoms with Gasteiger partial charge in [0.15, 0.2) is 0 Å². The third-order valence-electron chi connectivity index (χ3n) is 6.66. The van der Waals surface area contributed by atoms with Crippen molar-refractivity contribution in [3.8, 4) is 0 Å². The van der Waals surface area contributed by atoms with E-state index in [0.29, 0.717) is 0 Å². The van der Waals surface area contributed by atoms with Gasteiger partial charge < -0.3 is 0 Å². The molecule has 130 valence electrons. The predicted molar refractivity (Wildman–Crippen MR) is 105 cm³/mol. The molecule has 0 bridgehead atoms. The summed E-state index contributed by atoms with van der Waals surface area (Å²) in [7, 11) is 0. The van der Waals surface area contributed by atoms with Crippen LogP contribution in [-0.2, 0) is 6.42 Å². The fraction of sp³-hybridized carbons (Fsp3) is 0.583. The van der Waals surface area contributed by atoms with Gasteiger partial charge in [-0.3, -0.25) is 0 Å². The molecule has 0 radical (unpaired) electrons. The Morgan fingerprint density at radius 3 is 1.88 bits per heavy atom. The molecule has 0 heteroatoms. The van der Waals surface area contributed by atoms with Crippen LogP contribution in [0.1, 0.15) is 74.8 Å². The fourth-order valence-corrected chi connectivity index (χ4v) is 5.15. The van der Waals surface area contributed by atoms with Crippen LogP contribution in [0.2, 0.25) is 0 Å². The van der Waals surface area contributed by atoms with E-state index in [-0.39, 0.29) is 0 Å². The van der Waals surface area contributed by atoms with Gasteiger partial charge in [0.2, 0.25) is 0 Å². The van der Waals surface area contributed by atoms with E-state index in [1.54, 1.807) is 5.56 Å². The molecule has 0 nitrogen and oxygen atoms in total. The third kappa shape index (κ3) is 4.41. The predicted octanol–water partition coefficient (Wildman–Crippen LogP) is 7.07. The number of hydrogen-bond donors (Lipinski definition) is 0. The summed E-state index contributed by atoms with van der Waals surface area (Å²) in [6, 6.07) is 9.32. The first kappa shape index (κ1) is 17.5. The number of hydrogen-bond acceptors (Lipinski definition) is 0. The van der Waals surface area contributed by atoms with Crippen LogP contribution in [0.4, 0.5) is 0 Å². The van der Waals surface area contributed by atoms with Gasteiger partial charge in [-0.05, 0) is 99.0 Å². The van der Waals surface area contributed by atoms with Gasteiger partial charge in [-0.15, -0.1) is 13.2 Å². The highest BCUT2D eigenvalue weighted by Gasteiger charge is 2.30. The Hall–Kier alpha value is -1.30. The van der Waals surface area contributed by atoms with Gasteiger partial charge in [-0.1, -0.05) is 36.4 Å². The van der Waals surface area contributed by atoms with Crippen LogP contribution in [0, 0.1) is 17.8 Å². The van der Waals surface area contributed by atoms with Crippen LogP contribution in [0.3, 0.4) is 0 Å². The molecule has 0 N–H and O–H groups in total. The van der Waals surface area contributed by atoms with Gasteiger partial charge in [0.05, 0.1) is 0 Å². The zero-order chi connectivity index (χ0) is 16.8. The molecule has 0 unspecified atom stereocenters. The molecule has 0 atom stereocenters. The van der Waals surface area contributed by atoms with Crippen molar-refractivity contribution in [3.63, 3.8) is 0 Å². The second-order valence-corrected chi connectivity index (χ2v) is 8.15. The second kappa shape index (κ2) is 8.70. The standard InChI is InChI=1S/C24H34/c1-3-5-19-7-11-21(12-8-19)23-15-17-24(18-16-23)22-13-9-20(6-4-2)10-14-22/h3-4,7-8,11-12,20,22-24H,1-2,5-6,9-10,13-18H2/t20-,22-,23?,24?. The second-order valence-electron chi connectivity index (χ2n) is 8.15. The van der Waals surface area contributed by atoms with E-state index in [0.717, 1.165) is 30.1 Å². The van der Waals surface area contributed by atoms with Crippen molar-refractivity contribution in [1.82, 2.24) is 0 Å². The van der Waals surface area contributed by atoms with Gasteiger partial charge in [0.1, 0.15) is 0 Å². The van der Waals surface area contributed by atoms with E-state index >= 15 is 0 Å². The van der Waals surface area contributed by atoms with Gasteiger partial charge in [-0.2, -0.15) is 0 Å². The molecule has 1 aromatic carbocycles. The molecule has 2 saturated carbocycles. The Bertz CT molecular complexity index is 507. The van der Waals surface area contributed by atoms with Crippen molar-refractivity contribution < 1.29 is 0 Å². The van der Waals surface area contributed by atoms with E-state index in [4.69, 9.17) is 0 Å². The lowest BCUT2D eigenvalue weighted by Crippen LogP contribution is -2.25. The lowest BCUT2D eigenvalue weighted by atomic mass is 9.68. The highest BCUT2D eigenvalue weighted by molar-refractivity contribution is 5.26. The van der Waals surface area contributed by atoms with Crippen molar-refractivity contribution in [2.45, 2.75) is 70.1 Å². The quantitative estimate of drug-likeness (QED) is 0.491. The maximum atomic E-state index is 3.91. The van der Waals surface area contributed by atoms with E-state index in [2.05, 4.69) is 43.5 Å². The largest absolute Gasteiger partial charge is 0.103 e.